The molecule has 2 rings (SSSR count). The monoisotopic (exact) mass is 388 g/mol. The van der Waals surface area contributed by atoms with Crippen LogP contribution in [0, 0.1) is 6.92 Å². The average Bonchev–Trinajstić information content (AvgIpc) is 2.32. The summed E-state index contributed by atoms with van der Waals surface area (Å²) in [6.07, 6.45) is 1.78. The molecule has 0 amide bonds. The third kappa shape index (κ3) is 3.46. The van der Waals surface area contributed by atoms with E-state index in [2.05, 4.69) is 42.2 Å². The number of rotatable bonds is 3. The maximum atomic E-state index is 6.08. The van der Waals surface area contributed by atoms with Gasteiger partial charge in [-0.1, -0.05) is 17.7 Å². The van der Waals surface area contributed by atoms with Crippen molar-refractivity contribution in [3.8, 4) is 0 Å². The molecule has 0 unspecified atom stereocenters. The smallest absolute Gasteiger partial charge is 0.0737 e. The number of pyridine rings is 1. The molecule has 1 heterocycles. The van der Waals surface area contributed by atoms with Crippen molar-refractivity contribution in [1.82, 2.24) is 4.98 Å². The molecule has 0 radical (unpaired) electrons. The van der Waals surface area contributed by atoms with Gasteiger partial charge in [-0.2, -0.15) is 0 Å². The van der Waals surface area contributed by atoms with E-state index in [0.717, 1.165) is 30.9 Å². The molecule has 2 aromatic rings. The number of hydrogen-bond acceptors (Lipinski definition) is 2. The Balaban J connectivity index is 2.09. The van der Waals surface area contributed by atoms with E-state index in [9.17, 15) is 0 Å². The fourth-order valence-corrected chi connectivity index (χ4v) is 2.77. The Morgan fingerprint density at radius 2 is 2.06 bits per heavy atom. The van der Waals surface area contributed by atoms with Gasteiger partial charge in [-0.25, -0.2) is 0 Å². The van der Waals surface area contributed by atoms with Crippen molar-refractivity contribution in [2.24, 2.45) is 0 Å². The maximum absolute atomic E-state index is 6.08. The van der Waals surface area contributed by atoms with Crippen molar-refractivity contribution < 1.29 is 0 Å². The first-order valence-corrected chi connectivity index (χ1v) is 7.32. The normalized spacial score (nSPS) is 10.4. The van der Waals surface area contributed by atoms with Crippen LogP contribution in [0.3, 0.4) is 0 Å². The molecule has 1 aromatic carbocycles. The summed E-state index contributed by atoms with van der Waals surface area (Å²) in [4.78, 5) is 4.34. The maximum Gasteiger partial charge on any atom is 0.0737 e. The molecule has 0 saturated heterocycles. The summed E-state index contributed by atoms with van der Waals surface area (Å²) in [5.74, 6) is 0. The van der Waals surface area contributed by atoms with Crippen LogP contribution in [0.4, 0.5) is 5.69 Å². The summed E-state index contributed by atoms with van der Waals surface area (Å²) >= 11 is 12.9. The molecular formula is C13H11Br2ClN2. The van der Waals surface area contributed by atoms with Crippen LogP contribution in [0.5, 0.6) is 0 Å². The van der Waals surface area contributed by atoms with E-state index < -0.39 is 0 Å². The zero-order valence-electron chi connectivity index (χ0n) is 9.67. The minimum atomic E-state index is 0.646. The summed E-state index contributed by atoms with van der Waals surface area (Å²) in [6, 6.07) is 7.90. The first-order valence-electron chi connectivity index (χ1n) is 5.36. The molecule has 1 N–H and O–H groups in total. The molecule has 94 valence electrons. The van der Waals surface area contributed by atoms with Gasteiger partial charge in [0.15, 0.2) is 0 Å². The van der Waals surface area contributed by atoms with Gasteiger partial charge < -0.3 is 5.32 Å². The average molecular weight is 391 g/mol. The highest BCUT2D eigenvalue weighted by Gasteiger charge is 2.03. The van der Waals surface area contributed by atoms with Crippen molar-refractivity contribution in [2.75, 3.05) is 5.32 Å². The summed E-state index contributed by atoms with van der Waals surface area (Å²) in [5.41, 5.74) is 3.02. The van der Waals surface area contributed by atoms with E-state index in [1.807, 2.05) is 31.2 Å². The van der Waals surface area contributed by atoms with Crippen LogP contribution in [-0.4, -0.2) is 4.98 Å². The number of anilines is 1. The van der Waals surface area contributed by atoms with Gasteiger partial charge >= 0.3 is 0 Å². The van der Waals surface area contributed by atoms with Crippen LogP contribution in [-0.2, 0) is 6.54 Å². The van der Waals surface area contributed by atoms with Gasteiger partial charge in [0.2, 0.25) is 0 Å². The molecule has 0 aliphatic heterocycles. The second-order valence-corrected chi connectivity index (χ2v) is 6.08. The van der Waals surface area contributed by atoms with Gasteiger partial charge in [0.25, 0.3) is 0 Å². The van der Waals surface area contributed by atoms with Crippen LogP contribution < -0.4 is 5.32 Å². The van der Waals surface area contributed by atoms with E-state index in [0.29, 0.717) is 6.54 Å². The number of aromatic nitrogens is 1. The Morgan fingerprint density at radius 3 is 2.72 bits per heavy atom. The Labute approximate surface area is 128 Å². The number of benzene rings is 1. The van der Waals surface area contributed by atoms with E-state index in [1.165, 1.54) is 0 Å². The Bertz CT molecular complexity index is 573. The number of nitrogens with one attached hydrogen (secondary N) is 1. The van der Waals surface area contributed by atoms with Gasteiger partial charge in [-0.05, 0) is 62.5 Å². The lowest BCUT2D eigenvalue weighted by Crippen LogP contribution is -2.02. The van der Waals surface area contributed by atoms with E-state index >= 15 is 0 Å². The van der Waals surface area contributed by atoms with E-state index in [-0.39, 0.29) is 0 Å². The van der Waals surface area contributed by atoms with Gasteiger partial charge in [0.05, 0.1) is 12.2 Å². The Hall–Kier alpha value is -0.580. The predicted octanol–water partition coefficient (Wildman–Crippen LogP) is 5.18. The minimum absolute atomic E-state index is 0.646. The first-order chi connectivity index (χ1) is 8.56. The highest BCUT2D eigenvalue weighted by molar-refractivity contribution is 9.11. The van der Waals surface area contributed by atoms with Crippen molar-refractivity contribution >= 4 is 49.1 Å². The molecule has 5 heteroatoms. The van der Waals surface area contributed by atoms with E-state index in [4.69, 9.17) is 11.6 Å². The number of hydrogen-bond donors (Lipinski definition) is 1. The predicted molar refractivity (Wildman–Crippen MR) is 83.2 cm³/mol. The van der Waals surface area contributed by atoms with Crippen LogP contribution >= 0.6 is 43.5 Å². The Morgan fingerprint density at radius 1 is 1.28 bits per heavy atom. The van der Waals surface area contributed by atoms with Crippen LogP contribution in [0.15, 0.2) is 39.4 Å². The first kappa shape index (κ1) is 13.8. The number of halogens is 3. The Kier molecular flexibility index (Phi) is 4.65. The SMILES string of the molecule is Cc1ccc(NCc2ncc(Br)cc2Br)cc1Cl. The summed E-state index contributed by atoms with van der Waals surface area (Å²) in [7, 11) is 0. The molecule has 1 aromatic heterocycles. The van der Waals surface area contributed by atoms with Crippen molar-refractivity contribution in [3.63, 3.8) is 0 Å². The molecule has 0 bridgehead atoms. The summed E-state index contributed by atoms with van der Waals surface area (Å²) in [5, 5.41) is 4.06. The fourth-order valence-electron chi connectivity index (χ4n) is 1.46. The molecule has 0 atom stereocenters. The molecule has 2 nitrogen and oxygen atoms in total. The summed E-state index contributed by atoms with van der Waals surface area (Å²) in [6.45, 7) is 2.63. The largest absolute Gasteiger partial charge is 0.379 e. The van der Waals surface area contributed by atoms with E-state index in [1.54, 1.807) is 6.20 Å². The molecular weight excluding hydrogens is 379 g/mol. The van der Waals surface area contributed by atoms with Crippen LogP contribution in [0.25, 0.3) is 0 Å². The lowest BCUT2D eigenvalue weighted by molar-refractivity contribution is 1.03. The van der Waals surface area contributed by atoms with Gasteiger partial charge in [-0.3, -0.25) is 4.98 Å². The van der Waals surface area contributed by atoms with Gasteiger partial charge in [0.1, 0.15) is 0 Å². The zero-order valence-corrected chi connectivity index (χ0v) is 13.6. The zero-order chi connectivity index (χ0) is 13.1. The lowest BCUT2D eigenvalue weighted by Gasteiger charge is -2.09. The second-order valence-electron chi connectivity index (χ2n) is 3.90. The highest BCUT2D eigenvalue weighted by atomic mass is 79.9. The topological polar surface area (TPSA) is 24.9 Å². The highest BCUT2D eigenvalue weighted by Crippen LogP contribution is 2.23. The minimum Gasteiger partial charge on any atom is -0.379 e. The van der Waals surface area contributed by atoms with Crippen LogP contribution in [0.1, 0.15) is 11.3 Å². The molecule has 0 aliphatic carbocycles. The molecule has 0 spiro atoms. The quantitative estimate of drug-likeness (QED) is 0.781. The molecule has 0 saturated carbocycles. The number of aryl methyl sites for hydroxylation is 1. The van der Waals surface area contributed by atoms with Gasteiger partial charge in [0, 0.05) is 25.9 Å². The lowest BCUT2D eigenvalue weighted by atomic mass is 10.2. The number of nitrogens with zero attached hydrogens (tertiary/aromatic N) is 1. The van der Waals surface area contributed by atoms with Crippen LogP contribution in [0.2, 0.25) is 5.02 Å². The summed E-state index contributed by atoms with van der Waals surface area (Å²) < 4.78 is 1.93. The fraction of sp³-hybridized carbons (Fsp3) is 0.154. The second kappa shape index (κ2) is 6.04. The van der Waals surface area contributed by atoms with Crippen molar-refractivity contribution in [2.45, 2.75) is 13.5 Å². The standard InChI is InChI=1S/C13H11Br2ClN2/c1-8-2-3-10(5-12(8)16)17-7-13-11(15)4-9(14)6-18-13/h2-6,17H,7H2,1H3. The molecule has 0 fully saturated rings. The molecule has 0 aliphatic rings. The van der Waals surface area contributed by atoms with Crippen molar-refractivity contribution in [1.29, 1.82) is 0 Å². The molecule has 18 heavy (non-hydrogen) atoms. The van der Waals surface area contributed by atoms with Gasteiger partial charge in [-0.15, -0.1) is 0 Å². The van der Waals surface area contributed by atoms with Crippen molar-refractivity contribution in [3.05, 3.63) is 55.7 Å². The third-order valence-corrected chi connectivity index (χ3v) is 4.04. The third-order valence-electron chi connectivity index (χ3n) is 2.52.